The van der Waals surface area contributed by atoms with Crippen LogP contribution >= 0.6 is 0 Å². The number of carbonyl (C=O) groups excluding carboxylic acids is 2. The van der Waals surface area contributed by atoms with Crippen molar-refractivity contribution in [3.63, 3.8) is 0 Å². The average molecular weight is 390 g/mol. The quantitative estimate of drug-likeness (QED) is 0.545. The van der Waals surface area contributed by atoms with E-state index >= 15 is 0 Å². The first-order valence-electron chi connectivity index (χ1n) is 10.2. The van der Waals surface area contributed by atoms with Crippen molar-refractivity contribution in [1.82, 2.24) is 25.3 Å². The van der Waals surface area contributed by atoms with Gasteiger partial charge in [0.05, 0.1) is 18.4 Å². The normalized spacial score (nSPS) is 18.6. The zero-order valence-corrected chi connectivity index (χ0v) is 16.9. The Hall–Kier alpha value is -2.58. The number of nitrogens with one attached hydrogen (secondary N) is 2. The Morgan fingerprint density at radius 2 is 2.11 bits per heavy atom. The number of amides is 2. The Morgan fingerprint density at radius 3 is 2.75 bits per heavy atom. The number of nitrogens with zero attached hydrogens (tertiary/aromatic N) is 5. The molecule has 2 N–H and O–H groups in total. The van der Waals surface area contributed by atoms with Crippen LogP contribution in [0.5, 0.6) is 0 Å². The van der Waals surface area contributed by atoms with Crippen LogP contribution in [-0.4, -0.2) is 71.2 Å². The lowest BCUT2D eigenvalue weighted by Gasteiger charge is -2.35. The molecule has 0 radical (unpaired) electrons. The first kappa shape index (κ1) is 20.2. The van der Waals surface area contributed by atoms with Crippen molar-refractivity contribution in [2.75, 3.05) is 37.6 Å². The number of carbonyl (C=O) groups is 2. The summed E-state index contributed by atoms with van der Waals surface area (Å²) < 4.78 is 1.69. The summed E-state index contributed by atoms with van der Waals surface area (Å²) >= 11 is 0. The maximum atomic E-state index is 12.6. The number of aryl methyl sites for hydroxylation is 1. The molecule has 0 unspecified atom stereocenters. The molecule has 0 spiro atoms. The van der Waals surface area contributed by atoms with Gasteiger partial charge in [-0.05, 0) is 19.8 Å². The van der Waals surface area contributed by atoms with Crippen LogP contribution in [0.4, 0.5) is 5.69 Å². The highest BCUT2D eigenvalue weighted by Gasteiger charge is 2.27. The van der Waals surface area contributed by atoms with Crippen LogP contribution in [0.1, 0.15) is 39.0 Å². The van der Waals surface area contributed by atoms with Gasteiger partial charge in [0.15, 0.2) is 5.96 Å². The van der Waals surface area contributed by atoms with E-state index in [1.165, 1.54) is 12.8 Å². The van der Waals surface area contributed by atoms with Gasteiger partial charge in [-0.1, -0.05) is 12.8 Å². The van der Waals surface area contributed by atoms with E-state index in [0.29, 0.717) is 44.6 Å². The van der Waals surface area contributed by atoms with Gasteiger partial charge in [-0.3, -0.25) is 19.3 Å². The largest absolute Gasteiger partial charge is 0.357 e. The van der Waals surface area contributed by atoms with Crippen molar-refractivity contribution >= 4 is 23.5 Å². The maximum Gasteiger partial charge on any atom is 0.246 e. The van der Waals surface area contributed by atoms with Gasteiger partial charge in [0, 0.05) is 45.3 Å². The average Bonchev–Trinajstić information content (AvgIpc) is 3.32. The minimum Gasteiger partial charge on any atom is -0.357 e. The predicted octanol–water partition coefficient (Wildman–Crippen LogP) is 0.483. The molecule has 3 rings (SSSR count). The summed E-state index contributed by atoms with van der Waals surface area (Å²) in [6, 6.07) is 0.336. The molecule has 28 heavy (non-hydrogen) atoms. The summed E-state index contributed by atoms with van der Waals surface area (Å²) in [6.45, 7) is 4.64. The van der Waals surface area contributed by atoms with Gasteiger partial charge in [-0.15, -0.1) is 0 Å². The van der Waals surface area contributed by atoms with Crippen molar-refractivity contribution in [1.29, 1.82) is 0 Å². The standard InChI is InChI=1S/C19H31N7O2/c1-3-20-19(21-9-8-17(27)23-15-6-4-5-7-15)25-10-11-26(18(28)14-25)16-12-22-24(2)13-16/h12-13,15H,3-11,14H2,1-2H3,(H,20,21)(H,23,27). The summed E-state index contributed by atoms with van der Waals surface area (Å²) in [5.41, 5.74) is 0.817. The van der Waals surface area contributed by atoms with Gasteiger partial charge in [0.1, 0.15) is 6.54 Å². The Morgan fingerprint density at radius 1 is 1.32 bits per heavy atom. The van der Waals surface area contributed by atoms with Gasteiger partial charge in [0.2, 0.25) is 11.8 Å². The summed E-state index contributed by atoms with van der Waals surface area (Å²) in [5, 5.41) is 10.5. The van der Waals surface area contributed by atoms with E-state index in [0.717, 1.165) is 18.5 Å². The van der Waals surface area contributed by atoms with Gasteiger partial charge in [0.25, 0.3) is 0 Å². The Bertz CT molecular complexity index is 709. The predicted molar refractivity (Wildman–Crippen MR) is 108 cm³/mol. The molecular formula is C19H31N7O2. The molecule has 1 aromatic heterocycles. The fourth-order valence-corrected chi connectivity index (χ4v) is 3.73. The Kier molecular flexibility index (Phi) is 6.89. The number of anilines is 1. The fraction of sp³-hybridized carbons (Fsp3) is 0.684. The lowest BCUT2D eigenvalue weighted by Crippen LogP contribution is -2.55. The molecule has 0 bridgehead atoms. The van der Waals surface area contributed by atoms with Crippen molar-refractivity contribution in [3.05, 3.63) is 12.4 Å². The second-order valence-electron chi connectivity index (χ2n) is 7.37. The number of aromatic nitrogens is 2. The van der Waals surface area contributed by atoms with Crippen molar-refractivity contribution in [2.45, 2.75) is 45.1 Å². The van der Waals surface area contributed by atoms with Crippen LogP contribution in [0, 0.1) is 0 Å². The topological polar surface area (TPSA) is 94.9 Å². The molecule has 0 atom stereocenters. The lowest BCUT2D eigenvalue weighted by molar-refractivity contribution is -0.122. The molecule has 1 aromatic rings. The molecule has 9 nitrogen and oxygen atoms in total. The molecule has 1 aliphatic heterocycles. The molecular weight excluding hydrogens is 358 g/mol. The van der Waals surface area contributed by atoms with Gasteiger partial charge >= 0.3 is 0 Å². The zero-order valence-electron chi connectivity index (χ0n) is 16.9. The first-order valence-corrected chi connectivity index (χ1v) is 10.2. The van der Waals surface area contributed by atoms with Crippen LogP contribution in [0.3, 0.4) is 0 Å². The third kappa shape index (κ3) is 5.24. The van der Waals surface area contributed by atoms with Crippen molar-refractivity contribution in [2.24, 2.45) is 12.0 Å². The molecule has 9 heteroatoms. The third-order valence-electron chi connectivity index (χ3n) is 5.18. The number of aliphatic imine (C=N–C) groups is 1. The van der Waals surface area contributed by atoms with E-state index in [9.17, 15) is 9.59 Å². The maximum absolute atomic E-state index is 12.6. The zero-order chi connectivity index (χ0) is 19.9. The highest BCUT2D eigenvalue weighted by atomic mass is 16.2. The molecule has 1 saturated heterocycles. The fourth-order valence-electron chi connectivity index (χ4n) is 3.73. The van der Waals surface area contributed by atoms with Gasteiger partial charge < -0.3 is 20.4 Å². The Labute approximate surface area is 166 Å². The molecule has 154 valence electrons. The van der Waals surface area contributed by atoms with Gasteiger partial charge in [-0.2, -0.15) is 5.10 Å². The van der Waals surface area contributed by atoms with Crippen LogP contribution in [-0.2, 0) is 16.6 Å². The summed E-state index contributed by atoms with van der Waals surface area (Å²) in [6.07, 6.45) is 8.49. The molecule has 2 aliphatic rings. The van der Waals surface area contributed by atoms with E-state index in [-0.39, 0.29) is 18.4 Å². The highest BCUT2D eigenvalue weighted by Crippen LogP contribution is 2.18. The van der Waals surface area contributed by atoms with Gasteiger partial charge in [-0.25, -0.2) is 0 Å². The lowest BCUT2D eigenvalue weighted by atomic mass is 10.2. The molecule has 2 heterocycles. The summed E-state index contributed by atoms with van der Waals surface area (Å²) in [7, 11) is 1.84. The Balaban J connectivity index is 1.52. The first-order chi connectivity index (χ1) is 13.6. The van der Waals surface area contributed by atoms with Crippen LogP contribution in [0.15, 0.2) is 17.4 Å². The number of hydrogen-bond acceptors (Lipinski definition) is 4. The second kappa shape index (κ2) is 9.57. The molecule has 2 amide bonds. The third-order valence-corrected chi connectivity index (χ3v) is 5.18. The highest BCUT2D eigenvalue weighted by molar-refractivity contribution is 5.98. The monoisotopic (exact) mass is 389 g/mol. The summed E-state index contributed by atoms with van der Waals surface area (Å²) in [4.78, 5) is 33.0. The number of hydrogen-bond donors (Lipinski definition) is 2. The number of guanidine groups is 1. The van der Waals surface area contributed by atoms with Crippen molar-refractivity contribution in [3.8, 4) is 0 Å². The van der Waals surface area contributed by atoms with E-state index in [1.807, 2.05) is 25.1 Å². The summed E-state index contributed by atoms with van der Waals surface area (Å²) in [5.74, 6) is 0.767. The van der Waals surface area contributed by atoms with Crippen molar-refractivity contribution < 1.29 is 9.59 Å². The van der Waals surface area contributed by atoms with E-state index < -0.39 is 0 Å². The smallest absolute Gasteiger partial charge is 0.246 e. The van der Waals surface area contributed by atoms with E-state index in [4.69, 9.17) is 0 Å². The molecule has 1 saturated carbocycles. The van der Waals surface area contributed by atoms with Crippen LogP contribution in [0.2, 0.25) is 0 Å². The minimum atomic E-state index is 0.0174. The van der Waals surface area contributed by atoms with E-state index in [1.54, 1.807) is 15.8 Å². The molecule has 2 fully saturated rings. The molecule has 0 aromatic carbocycles. The van der Waals surface area contributed by atoms with Crippen LogP contribution < -0.4 is 15.5 Å². The number of piperazine rings is 1. The minimum absolute atomic E-state index is 0.0174. The second-order valence-corrected chi connectivity index (χ2v) is 7.37. The number of rotatable bonds is 6. The van der Waals surface area contributed by atoms with Crippen LogP contribution in [0.25, 0.3) is 0 Å². The molecule has 1 aliphatic carbocycles. The SMILES string of the molecule is CCNC(=NCCC(=O)NC1CCCC1)N1CCN(c2cnn(C)c2)C(=O)C1. The van der Waals surface area contributed by atoms with E-state index in [2.05, 4.69) is 20.7 Å².